The number of hydrogen-bond acceptors (Lipinski definition) is 2. The van der Waals surface area contributed by atoms with Crippen LogP contribution in [0.1, 0.15) is 23.2 Å². The maximum Gasteiger partial charge on any atom is 0.119 e. The number of aromatic nitrogens is 1. The van der Waals surface area contributed by atoms with Gasteiger partial charge in [-0.25, -0.2) is 0 Å². The van der Waals surface area contributed by atoms with Gasteiger partial charge in [0.1, 0.15) is 5.75 Å². The molecule has 0 radical (unpaired) electrons. The summed E-state index contributed by atoms with van der Waals surface area (Å²) >= 11 is 3.79. The van der Waals surface area contributed by atoms with Gasteiger partial charge in [-0.2, -0.15) is 0 Å². The molecular formula is C23H25BrN2O. The van der Waals surface area contributed by atoms with Crippen molar-refractivity contribution < 1.29 is 4.74 Å². The number of hydrogen-bond donors (Lipinski definition) is 1. The highest BCUT2D eigenvalue weighted by molar-refractivity contribution is 9.10. The van der Waals surface area contributed by atoms with Gasteiger partial charge in [0, 0.05) is 33.0 Å². The number of benzene rings is 2. The highest BCUT2D eigenvalue weighted by Crippen LogP contribution is 2.50. The standard InChI is InChI=1S/C23H25BrN2O/c1-26-10-9-23(15-5-3-6-17(11-15)27-2)13-21-18(12-16(23)14-26)22-19(24)7-4-8-20(22)25-21/h3-8,11,16,25H,9-10,12-14H2,1-2H3/t16?,23-/m1/s1. The van der Waals surface area contributed by atoms with Crippen molar-refractivity contribution in [1.29, 1.82) is 0 Å². The van der Waals surface area contributed by atoms with Gasteiger partial charge in [0.05, 0.1) is 7.11 Å². The molecule has 4 heteroatoms. The number of fused-ring (bicyclic) bond motifs is 4. The molecule has 140 valence electrons. The number of aromatic amines is 1. The van der Waals surface area contributed by atoms with Crippen molar-refractivity contribution in [2.45, 2.75) is 24.7 Å². The number of nitrogens with one attached hydrogen (secondary N) is 1. The Morgan fingerprint density at radius 3 is 2.93 bits per heavy atom. The fraction of sp³-hybridized carbons (Fsp3) is 0.391. The lowest BCUT2D eigenvalue weighted by Gasteiger charge is -2.50. The topological polar surface area (TPSA) is 28.3 Å². The molecule has 0 saturated carbocycles. The molecule has 3 nitrogen and oxygen atoms in total. The van der Waals surface area contributed by atoms with Gasteiger partial charge in [0.15, 0.2) is 0 Å². The van der Waals surface area contributed by atoms with Crippen molar-refractivity contribution in [1.82, 2.24) is 9.88 Å². The van der Waals surface area contributed by atoms with E-state index in [9.17, 15) is 0 Å². The fourth-order valence-electron chi connectivity index (χ4n) is 5.41. The summed E-state index contributed by atoms with van der Waals surface area (Å²) in [6, 6.07) is 15.3. The number of methoxy groups -OCH3 is 1. The van der Waals surface area contributed by atoms with E-state index in [-0.39, 0.29) is 5.41 Å². The highest BCUT2D eigenvalue weighted by Gasteiger charge is 2.47. The van der Waals surface area contributed by atoms with Crippen LogP contribution >= 0.6 is 15.9 Å². The first-order valence-electron chi connectivity index (χ1n) is 9.72. The summed E-state index contributed by atoms with van der Waals surface area (Å²) in [4.78, 5) is 6.25. The predicted molar refractivity (Wildman–Crippen MR) is 114 cm³/mol. The van der Waals surface area contributed by atoms with Crippen LogP contribution in [-0.2, 0) is 18.3 Å². The normalized spacial score (nSPS) is 25.2. The first-order chi connectivity index (χ1) is 13.1. The number of halogens is 1. The summed E-state index contributed by atoms with van der Waals surface area (Å²) in [5, 5.41) is 1.37. The number of likely N-dealkylation sites (tertiary alicyclic amines) is 1. The molecule has 0 bridgehead atoms. The summed E-state index contributed by atoms with van der Waals surface area (Å²) in [6.45, 7) is 2.29. The Morgan fingerprint density at radius 2 is 2.07 bits per heavy atom. The molecule has 1 N–H and O–H groups in total. The molecule has 1 aromatic heterocycles. The zero-order valence-corrected chi connectivity index (χ0v) is 17.5. The van der Waals surface area contributed by atoms with E-state index in [0.717, 1.165) is 31.7 Å². The lowest BCUT2D eigenvalue weighted by atomic mass is 9.59. The van der Waals surface area contributed by atoms with Gasteiger partial charge in [0.25, 0.3) is 0 Å². The van der Waals surface area contributed by atoms with Gasteiger partial charge in [-0.15, -0.1) is 0 Å². The van der Waals surface area contributed by atoms with Gasteiger partial charge >= 0.3 is 0 Å². The van der Waals surface area contributed by atoms with E-state index in [1.54, 1.807) is 7.11 Å². The monoisotopic (exact) mass is 424 g/mol. The Labute approximate surface area is 168 Å². The van der Waals surface area contributed by atoms with Crippen LogP contribution in [0.3, 0.4) is 0 Å². The number of H-pyrrole nitrogens is 1. The van der Waals surface area contributed by atoms with E-state index in [1.165, 1.54) is 38.6 Å². The lowest BCUT2D eigenvalue weighted by Crippen LogP contribution is -2.52. The minimum atomic E-state index is 0.182. The molecule has 2 aliphatic rings. The van der Waals surface area contributed by atoms with Crippen LogP contribution in [0.4, 0.5) is 0 Å². The molecular weight excluding hydrogens is 400 g/mol. The number of rotatable bonds is 2. The molecule has 27 heavy (non-hydrogen) atoms. The number of ether oxygens (including phenoxy) is 1. The van der Waals surface area contributed by atoms with Crippen molar-refractivity contribution in [3.05, 3.63) is 63.8 Å². The third-order valence-corrected chi connectivity index (χ3v) is 7.47. The average molecular weight is 425 g/mol. The first-order valence-corrected chi connectivity index (χ1v) is 10.5. The molecule has 2 atom stereocenters. The molecule has 1 fully saturated rings. The van der Waals surface area contributed by atoms with E-state index in [1.807, 2.05) is 0 Å². The number of nitrogens with zero attached hydrogens (tertiary/aromatic N) is 1. The molecule has 3 aromatic rings. The Kier molecular flexibility index (Phi) is 4.10. The van der Waals surface area contributed by atoms with E-state index in [4.69, 9.17) is 4.74 Å². The molecule has 5 rings (SSSR count). The van der Waals surface area contributed by atoms with E-state index < -0.39 is 0 Å². The fourth-order valence-corrected chi connectivity index (χ4v) is 6.01. The van der Waals surface area contributed by atoms with Gasteiger partial charge < -0.3 is 14.6 Å². The highest BCUT2D eigenvalue weighted by atomic mass is 79.9. The molecule has 2 aromatic carbocycles. The van der Waals surface area contributed by atoms with Crippen molar-refractivity contribution in [2.75, 3.05) is 27.2 Å². The van der Waals surface area contributed by atoms with Gasteiger partial charge in [0.2, 0.25) is 0 Å². The van der Waals surface area contributed by atoms with Crippen LogP contribution in [0.5, 0.6) is 5.75 Å². The average Bonchev–Trinajstić information content (AvgIpc) is 3.04. The summed E-state index contributed by atoms with van der Waals surface area (Å²) < 4.78 is 6.76. The molecule has 1 saturated heterocycles. The van der Waals surface area contributed by atoms with Crippen LogP contribution in [0.15, 0.2) is 46.9 Å². The van der Waals surface area contributed by atoms with Crippen LogP contribution in [0.2, 0.25) is 0 Å². The third-order valence-electron chi connectivity index (χ3n) is 6.81. The van der Waals surface area contributed by atoms with Gasteiger partial charge in [-0.05, 0) is 74.2 Å². The molecule has 1 unspecified atom stereocenters. The summed E-state index contributed by atoms with van der Waals surface area (Å²) in [6.07, 6.45) is 3.39. The Bertz CT molecular complexity index is 1010. The van der Waals surface area contributed by atoms with Crippen molar-refractivity contribution in [3.8, 4) is 5.75 Å². The van der Waals surface area contributed by atoms with Crippen LogP contribution < -0.4 is 4.74 Å². The van der Waals surface area contributed by atoms with Gasteiger partial charge in [-0.1, -0.05) is 34.1 Å². The molecule has 0 amide bonds. The minimum Gasteiger partial charge on any atom is -0.497 e. The summed E-state index contributed by atoms with van der Waals surface area (Å²) in [7, 11) is 4.02. The molecule has 0 spiro atoms. The predicted octanol–water partition coefficient (Wildman–Crippen LogP) is 4.93. The second-order valence-corrected chi connectivity index (χ2v) is 9.08. The molecule has 2 heterocycles. The van der Waals surface area contributed by atoms with E-state index in [0.29, 0.717) is 5.92 Å². The van der Waals surface area contributed by atoms with Gasteiger partial charge in [-0.3, -0.25) is 0 Å². The quantitative estimate of drug-likeness (QED) is 0.631. The minimum absolute atomic E-state index is 0.182. The smallest absolute Gasteiger partial charge is 0.119 e. The first kappa shape index (κ1) is 17.3. The largest absolute Gasteiger partial charge is 0.497 e. The Hall–Kier alpha value is -1.78. The van der Waals surface area contributed by atoms with Crippen molar-refractivity contribution in [2.24, 2.45) is 5.92 Å². The maximum atomic E-state index is 5.55. The van der Waals surface area contributed by atoms with Crippen LogP contribution in [0, 0.1) is 5.92 Å². The summed E-state index contributed by atoms with van der Waals surface area (Å²) in [5.74, 6) is 1.58. The zero-order chi connectivity index (χ0) is 18.6. The Balaban J connectivity index is 1.68. The van der Waals surface area contributed by atoms with Crippen LogP contribution in [-0.4, -0.2) is 37.1 Å². The SMILES string of the molecule is COc1cccc([C@]23CCN(C)CC2Cc2c([nH]c4cccc(Br)c24)C3)c1. The van der Waals surface area contributed by atoms with E-state index >= 15 is 0 Å². The lowest BCUT2D eigenvalue weighted by molar-refractivity contribution is 0.0994. The maximum absolute atomic E-state index is 5.55. The number of piperidine rings is 1. The van der Waals surface area contributed by atoms with Crippen molar-refractivity contribution >= 4 is 26.8 Å². The van der Waals surface area contributed by atoms with Crippen LogP contribution in [0.25, 0.3) is 10.9 Å². The summed E-state index contributed by atoms with van der Waals surface area (Å²) in [5.41, 5.74) is 5.80. The zero-order valence-electron chi connectivity index (χ0n) is 15.9. The van der Waals surface area contributed by atoms with E-state index in [2.05, 4.69) is 75.3 Å². The molecule has 1 aliphatic carbocycles. The third kappa shape index (κ3) is 2.65. The van der Waals surface area contributed by atoms with Crippen molar-refractivity contribution in [3.63, 3.8) is 0 Å². The Morgan fingerprint density at radius 1 is 1.22 bits per heavy atom. The second kappa shape index (κ2) is 6.39. The second-order valence-electron chi connectivity index (χ2n) is 8.22. The molecule has 1 aliphatic heterocycles.